The molecule has 0 heterocycles. The molecule has 2 aromatic carbocycles. The van der Waals surface area contributed by atoms with Gasteiger partial charge in [-0.1, -0.05) is 29.3 Å². The Labute approximate surface area is 218 Å². The van der Waals surface area contributed by atoms with Gasteiger partial charge >= 0.3 is 16.1 Å². The largest absolute Gasteiger partial charge is 0.379 e. The van der Waals surface area contributed by atoms with E-state index in [-0.39, 0.29) is 39.3 Å². The van der Waals surface area contributed by atoms with Gasteiger partial charge in [-0.15, -0.1) is 0 Å². The highest BCUT2D eigenvalue weighted by atomic mass is 35.5. The zero-order valence-electron chi connectivity index (χ0n) is 20.6. The first kappa shape index (κ1) is 27.4. The minimum Gasteiger partial charge on any atom is -0.379 e. The maximum Gasteiger partial charge on any atom is 0.339 e. The van der Waals surface area contributed by atoms with Gasteiger partial charge in [-0.05, 0) is 70.7 Å². The van der Waals surface area contributed by atoms with Gasteiger partial charge < -0.3 is 19.3 Å². The Bertz CT molecular complexity index is 1150. The summed E-state index contributed by atoms with van der Waals surface area (Å²) in [5.74, 6) is 0.644. The van der Waals surface area contributed by atoms with Crippen molar-refractivity contribution in [3.63, 3.8) is 0 Å². The lowest BCUT2D eigenvalue weighted by Crippen LogP contribution is -2.43. The third-order valence-corrected chi connectivity index (χ3v) is 7.76. The first-order valence-electron chi connectivity index (χ1n) is 11.9. The van der Waals surface area contributed by atoms with E-state index in [0.717, 1.165) is 31.6 Å². The van der Waals surface area contributed by atoms with E-state index in [4.69, 9.17) is 27.4 Å². The number of nitrogens with zero attached hydrogens (tertiary/aromatic N) is 2. The monoisotopic (exact) mass is 541 g/mol. The van der Waals surface area contributed by atoms with Crippen LogP contribution in [-0.4, -0.2) is 45.0 Å². The summed E-state index contributed by atoms with van der Waals surface area (Å²) in [4.78, 5) is 16.6. The maximum absolute atomic E-state index is 13.2. The van der Waals surface area contributed by atoms with E-state index in [1.165, 1.54) is 18.2 Å². The number of rotatable bonds is 11. The number of carbonyl (C=O) groups excluding carboxylic acids is 1. The molecule has 1 aliphatic carbocycles. The molecule has 35 heavy (non-hydrogen) atoms. The Balaban J connectivity index is 1.98. The van der Waals surface area contributed by atoms with Gasteiger partial charge in [0.15, 0.2) is 0 Å². The zero-order chi connectivity index (χ0) is 25.8. The predicted molar refractivity (Wildman–Crippen MR) is 141 cm³/mol. The van der Waals surface area contributed by atoms with Crippen LogP contribution in [0.5, 0.6) is 5.75 Å². The highest BCUT2D eigenvalue weighted by Crippen LogP contribution is 2.34. The molecular formula is C25H33Cl2N3O4S. The molecule has 1 N–H and O–H groups in total. The summed E-state index contributed by atoms with van der Waals surface area (Å²) in [5.41, 5.74) is 1.43. The quantitative estimate of drug-likeness (QED) is 0.356. The summed E-state index contributed by atoms with van der Waals surface area (Å²) in [6.07, 6.45) is 2.17. The molecule has 2 aromatic rings. The Morgan fingerprint density at radius 1 is 1.09 bits per heavy atom. The minimum absolute atomic E-state index is 0.0139. The standard InChI is InChI=1S/C25H33Cl2N3O4S/c1-5-29(6-2)20-10-9-19(16-30(15-18-7-8-18)25(31)28-17(3)4)24(13-20)34-35(32,33)21-11-12-22(26)23(27)14-21/h9-14,17-18H,5-8,15-16H2,1-4H3,(H,28,31). The van der Waals surface area contributed by atoms with E-state index < -0.39 is 10.1 Å². The number of hydrogen-bond donors (Lipinski definition) is 1. The van der Waals surface area contributed by atoms with Crippen LogP contribution in [0, 0.1) is 5.92 Å². The second kappa shape index (κ2) is 11.7. The van der Waals surface area contributed by atoms with Crippen molar-refractivity contribution in [2.24, 2.45) is 5.92 Å². The van der Waals surface area contributed by atoms with Crippen LogP contribution >= 0.6 is 23.2 Å². The first-order valence-corrected chi connectivity index (χ1v) is 14.0. The Morgan fingerprint density at radius 2 is 1.77 bits per heavy atom. The van der Waals surface area contributed by atoms with Gasteiger partial charge in [0.25, 0.3) is 0 Å². The minimum atomic E-state index is -4.20. The molecule has 0 atom stereocenters. The Kier molecular flexibility index (Phi) is 9.18. The molecule has 0 spiro atoms. The van der Waals surface area contributed by atoms with Crippen molar-refractivity contribution in [2.45, 2.75) is 58.0 Å². The van der Waals surface area contributed by atoms with Crippen LogP contribution < -0.4 is 14.4 Å². The molecule has 2 amide bonds. The summed E-state index contributed by atoms with van der Waals surface area (Å²) >= 11 is 12.0. The maximum atomic E-state index is 13.2. The summed E-state index contributed by atoms with van der Waals surface area (Å²) in [6.45, 7) is 10.2. The summed E-state index contributed by atoms with van der Waals surface area (Å²) in [5, 5.41) is 3.31. The lowest BCUT2D eigenvalue weighted by Gasteiger charge is -2.27. The van der Waals surface area contributed by atoms with Crippen LogP contribution in [0.1, 0.15) is 46.1 Å². The van der Waals surface area contributed by atoms with E-state index in [0.29, 0.717) is 18.0 Å². The molecule has 0 aliphatic heterocycles. The SMILES string of the molecule is CCN(CC)c1ccc(CN(CC2CC2)C(=O)NC(C)C)c(OS(=O)(=O)c2ccc(Cl)c(Cl)c2)c1. The number of benzene rings is 2. The summed E-state index contributed by atoms with van der Waals surface area (Å²) in [6, 6.07) is 9.31. The van der Waals surface area contributed by atoms with Crippen LogP contribution in [0.3, 0.4) is 0 Å². The number of anilines is 1. The molecule has 0 unspecified atom stereocenters. The highest BCUT2D eigenvalue weighted by molar-refractivity contribution is 7.87. The average molecular weight is 543 g/mol. The third kappa shape index (κ3) is 7.41. The van der Waals surface area contributed by atoms with Crippen LogP contribution in [0.15, 0.2) is 41.3 Å². The molecule has 7 nitrogen and oxygen atoms in total. The van der Waals surface area contributed by atoms with Crippen LogP contribution in [0.4, 0.5) is 10.5 Å². The Morgan fingerprint density at radius 3 is 2.34 bits per heavy atom. The number of hydrogen-bond acceptors (Lipinski definition) is 5. The number of carbonyl (C=O) groups is 1. The van der Waals surface area contributed by atoms with Crippen LogP contribution in [0.25, 0.3) is 0 Å². The Hall–Kier alpha value is -2.16. The number of urea groups is 1. The van der Waals surface area contributed by atoms with E-state index in [2.05, 4.69) is 10.2 Å². The molecule has 0 aromatic heterocycles. The molecule has 192 valence electrons. The molecule has 1 aliphatic rings. The molecule has 0 saturated heterocycles. The third-order valence-electron chi connectivity index (χ3n) is 5.79. The van der Waals surface area contributed by atoms with Crippen LogP contribution in [0.2, 0.25) is 10.0 Å². The number of amides is 2. The van der Waals surface area contributed by atoms with Gasteiger partial charge in [0.2, 0.25) is 0 Å². The zero-order valence-corrected chi connectivity index (χ0v) is 22.9. The van der Waals surface area contributed by atoms with E-state index in [1.807, 2.05) is 39.8 Å². The van der Waals surface area contributed by atoms with Crippen molar-refractivity contribution in [1.29, 1.82) is 0 Å². The normalized spacial score (nSPS) is 13.6. The smallest absolute Gasteiger partial charge is 0.339 e. The van der Waals surface area contributed by atoms with E-state index in [9.17, 15) is 13.2 Å². The predicted octanol–water partition coefficient (Wildman–Crippen LogP) is 5.94. The van der Waals surface area contributed by atoms with Crippen molar-refractivity contribution in [3.05, 3.63) is 52.0 Å². The molecule has 10 heteroatoms. The molecule has 0 radical (unpaired) electrons. The molecular weight excluding hydrogens is 509 g/mol. The van der Waals surface area contributed by atoms with Crippen molar-refractivity contribution < 1.29 is 17.4 Å². The van der Waals surface area contributed by atoms with Gasteiger partial charge in [0.05, 0.1) is 16.6 Å². The van der Waals surface area contributed by atoms with Gasteiger partial charge in [-0.2, -0.15) is 8.42 Å². The molecule has 1 saturated carbocycles. The lowest BCUT2D eigenvalue weighted by molar-refractivity contribution is 0.189. The number of nitrogens with one attached hydrogen (secondary N) is 1. The summed E-state index contributed by atoms with van der Waals surface area (Å²) < 4.78 is 32.0. The average Bonchev–Trinajstić information content (AvgIpc) is 3.61. The van der Waals surface area contributed by atoms with Gasteiger partial charge in [0, 0.05) is 43.0 Å². The van der Waals surface area contributed by atoms with E-state index >= 15 is 0 Å². The van der Waals surface area contributed by atoms with E-state index in [1.54, 1.807) is 11.0 Å². The van der Waals surface area contributed by atoms with Crippen molar-refractivity contribution >= 4 is 45.0 Å². The first-order chi connectivity index (χ1) is 16.5. The topological polar surface area (TPSA) is 79.0 Å². The molecule has 0 bridgehead atoms. The second-order valence-corrected chi connectivity index (χ2v) is 11.4. The van der Waals surface area contributed by atoms with Crippen LogP contribution in [-0.2, 0) is 16.7 Å². The van der Waals surface area contributed by atoms with Gasteiger partial charge in [-0.25, -0.2) is 4.79 Å². The number of halogens is 2. The fraction of sp³-hybridized carbons (Fsp3) is 0.480. The fourth-order valence-corrected chi connectivity index (χ4v) is 5.06. The molecule has 3 rings (SSSR count). The lowest BCUT2D eigenvalue weighted by atomic mass is 10.1. The molecule has 1 fully saturated rings. The fourth-order valence-electron chi connectivity index (χ4n) is 3.71. The van der Waals surface area contributed by atoms with Crippen molar-refractivity contribution in [2.75, 3.05) is 24.5 Å². The van der Waals surface area contributed by atoms with Gasteiger partial charge in [0.1, 0.15) is 10.6 Å². The second-order valence-electron chi connectivity index (χ2n) is 9.01. The highest BCUT2D eigenvalue weighted by Gasteiger charge is 2.29. The van der Waals surface area contributed by atoms with Crippen molar-refractivity contribution in [3.8, 4) is 5.75 Å². The van der Waals surface area contributed by atoms with Crippen molar-refractivity contribution in [1.82, 2.24) is 10.2 Å². The summed E-state index contributed by atoms with van der Waals surface area (Å²) in [7, 11) is -4.20. The van der Waals surface area contributed by atoms with Gasteiger partial charge in [-0.3, -0.25) is 0 Å².